The van der Waals surface area contributed by atoms with Crippen LogP contribution in [0.2, 0.25) is 0 Å². The lowest BCUT2D eigenvalue weighted by atomic mass is 10.2. The maximum Gasteiger partial charge on any atom is 0.246 e. The van der Waals surface area contributed by atoms with Crippen molar-refractivity contribution in [2.24, 2.45) is 0 Å². The van der Waals surface area contributed by atoms with Crippen LogP contribution in [0.15, 0.2) is 53.4 Å². The van der Waals surface area contributed by atoms with Crippen molar-refractivity contribution in [2.75, 3.05) is 29.9 Å². The number of hydrogen-bond donors (Lipinski definition) is 1. The van der Waals surface area contributed by atoms with E-state index in [9.17, 15) is 18.0 Å². The van der Waals surface area contributed by atoms with Crippen molar-refractivity contribution in [1.82, 2.24) is 4.31 Å². The third-order valence-electron chi connectivity index (χ3n) is 4.78. The predicted octanol–water partition coefficient (Wildman–Crippen LogP) is 2.77. The van der Waals surface area contributed by atoms with Gasteiger partial charge < -0.3 is 10.2 Å². The van der Waals surface area contributed by atoms with Gasteiger partial charge in [0.05, 0.1) is 18.8 Å². The van der Waals surface area contributed by atoms with Crippen LogP contribution >= 0.6 is 0 Å². The molecule has 0 unspecified atom stereocenters. The standard InChI is InChI=1S/C21H25N3O4S/c1-3-4-13-24-18-7-5-6-8-19(18)29(27,28)23(15-21(24)26)14-20(25)22-17-11-9-16(2)10-12-17/h5-12H,3-4,13-15H2,1-2H3,(H,22,25). The highest BCUT2D eigenvalue weighted by Gasteiger charge is 2.37. The number of carbonyl (C=O) groups excluding carboxylic acids is 2. The minimum absolute atomic E-state index is 0.0464. The lowest BCUT2D eigenvalue weighted by molar-refractivity contribution is -0.119. The Morgan fingerprint density at radius 1 is 1.10 bits per heavy atom. The number of aryl methyl sites for hydroxylation is 1. The molecule has 2 amide bonds. The third kappa shape index (κ3) is 4.65. The molecule has 8 heteroatoms. The quantitative estimate of drug-likeness (QED) is 0.786. The molecule has 0 atom stereocenters. The van der Waals surface area contributed by atoms with Crippen molar-refractivity contribution in [1.29, 1.82) is 0 Å². The van der Waals surface area contributed by atoms with Gasteiger partial charge in [0.15, 0.2) is 0 Å². The molecule has 2 aromatic carbocycles. The van der Waals surface area contributed by atoms with Gasteiger partial charge in [0, 0.05) is 12.2 Å². The Balaban J connectivity index is 1.87. The van der Waals surface area contributed by atoms with Crippen LogP contribution in [0.25, 0.3) is 0 Å². The van der Waals surface area contributed by atoms with Gasteiger partial charge in [-0.15, -0.1) is 0 Å². The molecule has 1 aliphatic heterocycles. The summed E-state index contributed by atoms with van der Waals surface area (Å²) in [6, 6.07) is 13.6. The lowest BCUT2D eigenvalue weighted by Crippen LogP contribution is -2.43. The number of nitrogens with zero attached hydrogens (tertiary/aromatic N) is 2. The molecule has 0 fully saturated rings. The van der Waals surface area contributed by atoms with Crippen LogP contribution in [0.4, 0.5) is 11.4 Å². The molecule has 1 heterocycles. The molecule has 3 rings (SSSR count). The van der Waals surface area contributed by atoms with E-state index < -0.39 is 22.5 Å². The van der Waals surface area contributed by atoms with Gasteiger partial charge >= 0.3 is 0 Å². The molecule has 0 saturated heterocycles. The second-order valence-electron chi connectivity index (χ2n) is 7.05. The van der Waals surface area contributed by atoms with Crippen molar-refractivity contribution in [3.63, 3.8) is 0 Å². The molecule has 154 valence electrons. The van der Waals surface area contributed by atoms with Crippen LogP contribution in [-0.2, 0) is 19.6 Å². The highest BCUT2D eigenvalue weighted by atomic mass is 32.2. The molecular weight excluding hydrogens is 390 g/mol. The maximum atomic E-state index is 13.2. The summed E-state index contributed by atoms with van der Waals surface area (Å²) in [5, 5.41) is 2.69. The molecule has 2 aromatic rings. The number of fused-ring (bicyclic) bond motifs is 1. The first kappa shape index (κ1) is 21.0. The predicted molar refractivity (Wildman–Crippen MR) is 112 cm³/mol. The van der Waals surface area contributed by atoms with Crippen LogP contribution in [-0.4, -0.2) is 44.2 Å². The number of sulfonamides is 1. The molecule has 0 saturated carbocycles. The number of nitrogens with one attached hydrogen (secondary N) is 1. The monoisotopic (exact) mass is 415 g/mol. The molecule has 1 aliphatic rings. The van der Waals surface area contributed by atoms with Crippen LogP contribution in [0.1, 0.15) is 25.3 Å². The van der Waals surface area contributed by atoms with E-state index in [2.05, 4.69) is 5.32 Å². The first-order valence-electron chi connectivity index (χ1n) is 9.59. The van der Waals surface area contributed by atoms with Gasteiger partial charge in [-0.3, -0.25) is 9.59 Å². The van der Waals surface area contributed by atoms with Crippen LogP contribution < -0.4 is 10.2 Å². The summed E-state index contributed by atoms with van der Waals surface area (Å²) in [6.45, 7) is 3.57. The number of rotatable bonds is 6. The van der Waals surface area contributed by atoms with Gasteiger partial charge in [0.25, 0.3) is 0 Å². The smallest absolute Gasteiger partial charge is 0.246 e. The van der Waals surface area contributed by atoms with Gasteiger partial charge in [-0.25, -0.2) is 8.42 Å². The zero-order valence-electron chi connectivity index (χ0n) is 16.6. The fraction of sp³-hybridized carbons (Fsp3) is 0.333. The Kier molecular flexibility index (Phi) is 6.34. The summed E-state index contributed by atoms with van der Waals surface area (Å²) < 4.78 is 27.3. The fourth-order valence-corrected chi connectivity index (χ4v) is 4.73. The molecule has 29 heavy (non-hydrogen) atoms. The van der Waals surface area contributed by atoms with Gasteiger partial charge in [-0.1, -0.05) is 43.2 Å². The Morgan fingerprint density at radius 2 is 1.79 bits per heavy atom. The Hall–Kier alpha value is -2.71. The van der Waals surface area contributed by atoms with Gasteiger partial charge in [0.1, 0.15) is 4.90 Å². The van der Waals surface area contributed by atoms with E-state index in [-0.39, 0.29) is 17.3 Å². The summed E-state index contributed by atoms with van der Waals surface area (Å²) in [4.78, 5) is 26.9. The van der Waals surface area contributed by atoms with E-state index in [4.69, 9.17) is 0 Å². The molecular formula is C21H25N3O4S. The minimum Gasteiger partial charge on any atom is -0.325 e. The summed E-state index contributed by atoms with van der Waals surface area (Å²) in [5.74, 6) is -0.833. The molecule has 0 aromatic heterocycles. The van der Waals surface area contributed by atoms with E-state index in [1.165, 1.54) is 11.0 Å². The molecule has 7 nitrogen and oxygen atoms in total. The van der Waals surface area contributed by atoms with Crippen molar-refractivity contribution < 1.29 is 18.0 Å². The normalized spacial score (nSPS) is 16.2. The second kappa shape index (κ2) is 8.75. The Labute approximate surface area is 171 Å². The maximum absolute atomic E-state index is 13.2. The molecule has 0 bridgehead atoms. The highest BCUT2D eigenvalue weighted by molar-refractivity contribution is 7.89. The van der Waals surface area contributed by atoms with E-state index in [1.54, 1.807) is 30.3 Å². The number of benzene rings is 2. The zero-order chi connectivity index (χ0) is 21.0. The summed E-state index contributed by atoms with van der Waals surface area (Å²) in [7, 11) is -3.99. The van der Waals surface area contributed by atoms with Crippen LogP contribution in [0.5, 0.6) is 0 Å². The zero-order valence-corrected chi connectivity index (χ0v) is 17.4. The Bertz CT molecular complexity index is 1000. The highest BCUT2D eigenvalue weighted by Crippen LogP contribution is 2.31. The SMILES string of the molecule is CCCCN1C(=O)CN(CC(=O)Nc2ccc(C)cc2)S(=O)(=O)c2ccccc21. The number of para-hydroxylation sites is 1. The van der Waals surface area contributed by atoms with Crippen LogP contribution in [0.3, 0.4) is 0 Å². The lowest BCUT2D eigenvalue weighted by Gasteiger charge is -2.21. The largest absolute Gasteiger partial charge is 0.325 e. The Morgan fingerprint density at radius 3 is 2.48 bits per heavy atom. The molecule has 0 spiro atoms. The van der Waals surface area contributed by atoms with E-state index in [0.717, 1.165) is 22.7 Å². The number of unbranched alkanes of at least 4 members (excludes halogenated alkanes) is 1. The van der Waals surface area contributed by atoms with E-state index in [0.29, 0.717) is 17.9 Å². The average Bonchev–Trinajstić information content (AvgIpc) is 2.76. The summed E-state index contributed by atoms with van der Waals surface area (Å²) in [5.41, 5.74) is 1.99. The van der Waals surface area contributed by atoms with Crippen molar-refractivity contribution >= 4 is 33.2 Å². The van der Waals surface area contributed by atoms with E-state index in [1.807, 2.05) is 26.0 Å². The number of amides is 2. The number of carbonyl (C=O) groups is 2. The minimum atomic E-state index is -3.99. The van der Waals surface area contributed by atoms with Gasteiger partial charge in [-0.05, 0) is 37.6 Å². The van der Waals surface area contributed by atoms with Gasteiger partial charge in [-0.2, -0.15) is 4.31 Å². The van der Waals surface area contributed by atoms with E-state index >= 15 is 0 Å². The molecule has 0 aliphatic carbocycles. The summed E-state index contributed by atoms with van der Waals surface area (Å²) >= 11 is 0. The van der Waals surface area contributed by atoms with Crippen molar-refractivity contribution in [3.05, 3.63) is 54.1 Å². The summed E-state index contributed by atoms with van der Waals surface area (Å²) in [6.07, 6.45) is 1.63. The first-order valence-corrected chi connectivity index (χ1v) is 11.0. The third-order valence-corrected chi connectivity index (χ3v) is 6.62. The van der Waals surface area contributed by atoms with Gasteiger partial charge in [0.2, 0.25) is 21.8 Å². The van der Waals surface area contributed by atoms with Crippen LogP contribution in [0, 0.1) is 6.92 Å². The number of anilines is 2. The second-order valence-corrected chi connectivity index (χ2v) is 8.96. The average molecular weight is 416 g/mol. The first-order chi connectivity index (χ1) is 13.8. The molecule has 1 N–H and O–H groups in total. The fourth-order valence-electron chi connectivity index (χ4n) is 3.19. The topological polar surface area (TPSA) is 86.8 Å². The van der Waals surface area contributed by atoms with Crippen molar-refractivity contribution in [2.45, 2.75) is 31.6 Å². The number of hydrogen-bond acceptors (Lipinski definition) is 4. The molecule has 0 radical (unpaired) electrons. The van der Waals surface area contributed by atoms with Crippen molar-refractivity contribution in [3.8, 4) is 0 Å².